The minimum Gasteiger partial charge on any atom is -0.458 e. The summed E-state index contributed by atoms with van der Waals surface area (Å²) in [5.41, 5.74) is 14.3. The molecule has 2 aromatic carbocycles. The molecule has 0 saturated heterocycles. The van der Waals surface area contributed by atoms with Gasteiger partial charge in [0.1, 0.15) is 6.61 Å². The van der Waals surface area contributed by atoms with Crippen LogP contribution in [0.5, 0.6) is 0 Å². The van der Waals surface area contributed by atoms with Crippen molar-refractivity contribution in [2.75, 3.05) is 18.1 Å². The van der Waals surface area contributed by atoms with Crippen LogP contribution < -0.4 is 11.5 Å². The minimum absolute atomic E-state index is 0.0532. The summed E-state index contributed by atoms with van der Waals surface area (Å²) in [7, 11) is 0. The molecule has 2 rings (SSSR count). The number of benzene rings is 2. The number of ether oxygens (including phenoxy) is 2. The molecule has 0 spiro atoms. The number of hydrogen-bond donors (Lipinski definition) is 2. The lowest BCUT2D eigenvalue weighted by Gasteiger charge is -2.09. The zero-order chi connectivity index (χ0) is 18.8. The molecule has 0 saturated carbocycles. The number of carbonyl (C=O) groups excluding carboxylic acids is 2. The predicted octanol–water partition coefficient (Wildman–Crippen LogP) is 2.66. The third-order valence-corrected chi connectivity index (χ3v) is 3.40. The Bertz CT molecular complexity index is 780. The van der Waals surface area contributed by atoms with E-state index >= 15 is 0 Å². The molecule has 6 heteroatoms. The van der Waals surface area contributed by atoms with Crippen LogP contribution in [0.15, 0.2) is 60.7 Å². The summed E-state index contributed by atoms with van der Waals surface area (Å²) < 4.78 is 9.88. The summed E-state index contributed by atoms with van der Waals surface area (Å²) in [6.45, 7) is 0.265. The SMILES string of the molecule is Nc1ccc(/C=C/COC(=O)C(/C=C/c2ccc(N)cc2)OC=O)cc1. The zero-order valence-corrected chi connectivity index (χ0v) is 14.1. The van der Waals surface area contributed by atoms with Crippen LogP contribution in [0, 0.1) is 0 Å². The highest BCUT2D eigenvalue weighted by Gasteiger charge is 2.17. The van der Waals surface area contributed by atoms with Gasteiger partial charge in [-0.05, 0) is 47.5 Å². The molecule has 0 aromatic heterocycles. The van der Waals surface area contributed by atoms with E-state index < -0.39 is 12.1 Å². The van der Waals surface area contributed by atoms with Gasteiger partial charge in [-0.15, -0.1) is 0 Å². The number of esters is 1. The molecule has 0 aliphatic rings. The second kappa shape index (κ2) is 9.68. The second-order valence-electron chi connectivity index (χ2n) is 5.38. The summed E-state index contributed by atoms with van der Waals surface area (Å²) in [6, 6.07) is 14.3. The van der Waals surface area contributed by atoms with E-state index in [4.69, 9.17) is 20.9 Å². The quantitative estimate of drug-likeness (QED) is 0.430. The highest BCUT2D eigenvalue weighted by atomic mass is 16.6. The van der Waals surface area contributed by atoms with Crippen LogP contribution in [-0.2, 0) is 19.1 Å². The van der Waals surface area contributed by atoms with Crippen LogP contribution in [0.1, 0.15) is 11.1 Å². The lowest BCUT2D eigenvalue weighted by Crippen LogP contribution is -2.24. The van der Waals surface area contributed by atoms with E-state index in [-0.39, 0.29) is 13.1 Å². The van der Waals surface area contributed by atoms with Crippen LogP contribution in [0.25, 0.3) is 12.2 Å². The van der Waals surface area contributed by atoms with Gasteiger partial charge in [0.2, 0.25) is 6.10 Å². The second-order valence-corrected chi connectivity index (χ2v) is 5.38. The van der Waals surface area contributed by atoms with Gasteiger partial charge in [-0.3, -0.25) is 4.79 Å². The van der Waals surface area contributed by atoms with E-state index in [2.05, 4.69) is 0 Å². The molecule has 1 unspecified atom stereocenters. The van der Waals surface area contributed by atoms with Gasteiger partial charge in [-0.2, -0.15) is 0 Å². The number of hydrogen-bond acceptors (Lipinski definition) is 6. The van der Waals surface area contributed by atoms with Gasteiger partial charge < -0.3 is 20.9 Å². The Kier molecular flexibility index (Phi) is 7.00. The summed E-state index contributed by atoms with van der Waals surface area (Å²) in [4.78, 5) is 22.7. The smallest absolute Gasteiger partial charge is 0.351 e. The Morgan fingerprint density at radius 2 is 1.46 bits per heavy atom. The molecule has 134 valence electrons. The monoisotopic (exact) mass is 352 g/mol. The largest absolute Gasteiger partial charge is 0.458 e. The summed E-state index contributed by atoms with van der Waals surface area (Å²) in [5.74, 6) is -0.661. The molecule has 1 atom stereocenters. The molecule has 0 aliphatic carbocycles. The first-order chi connectivity index (χ1) is 12.6. The average molecular weight is 352 g/mol. The predicted molar refractivity (Wildman–Crippen MR) is 102 cm³/mol. The molecule has 0 fully saturated rings. The summed E-state index contributed by atoms with van der Waals surface area (Å²) >= 11 is 0. The molecule has 26 heavy (non-hydrogen) atoms. The molecule has 2 aromatic rings. The average Bonchev–Trinajstić information content (AvgIpc) is 2.65. The molecular formula is C20H20N2O4. The van der Waals surface area contributed by atoms with Crippen LogP contribution in [0.3, 0.4) is 0 Å². The Hall–Kier alpha value is -3.54. The van der Waals surface area contributed by atoms with Crippen LogP contribution in [0.4, 0.5) is 11.4 Å². The summed E-state index contributed by atoms with van der Waals surface area (Å²) in [5, 5.41) is 0. The van der Waals surface area contributed by atoms with Crippen molar-refractivity contribution < 1.29 is 19.1 Å². The molecule has 0 amide bonds. The van der Waals surface area contributed by atoms with Crippen LogP contribution >= 0.6 is 0 Å². The van der Waals surface area contributed by atoms with Crippen molar-refractivity contribution in [2.45, 2.75) is 6.10 Å². The molecule has 0 heterocycles. The van der Waals surface area contributed by atoms with Crippen molar-refractivity contribution in [1.29, 1.82) is 0 Å². The maximum atomic E-state index is 12.0. The first-order valence-electron chi connectivity index (χ1n) is 7.90. The van der Waals surface area contributed by atoms with E-state index in [0.29, 0.717) is 11.4 Å². The number of rotatable bonds is 8. The fraction of sp³-hybridized carbons (Fsp3) is 0.100. The molecule has 0 aliphatic heterocycles. The molecule has 6 nitrogen and oxygen atoms in total. The molecule has 4 N–H and O–H groups in total. The normalized spacial score (nSPS) is 12.2. The Morgan fingerprint density at radius 3 is 2.00 bits per heavy atom. The van der Waals surface area contributed by atoms with Gasteiger partial charge in [0.05, 0.1) is 0 Å². The maximum absolute atomic E-state index is 12.0. The topological polar surface area (TPSA) is 105 Å². The standard InChI is InChI=1S/C20H20N2O4/c21-17-8-3-15(4-9-17)2-1-13-25-20(24)19(26-14-23)12-7-16-5-10-18(22)11-6-16/h1-12,14,19H,13,21-22H2/b2-1+,12-7+. The fourth-order valence-corrected chi connectivity index (χ4v) is 2.05. The first kappa shape index (κ1) is 18.8. The van der Waals surface area contributed by atoms with E-state index in [0.717, 1.165) is 11.1 Å². The van der Waals surface area contributed by atoms with Gasteiger partial charge in [0.15, 0.2) is 0 Å². The third-order valence-electron chi connectivity index (χ3n) is 3.40. The fourth-order valence-electron chi connectivity index (χ4n) is 2.05. The number of nitrogen functional groups attached to an aromatic ring is 2. The Morgan fingerprint density at radius 1 is 0.923 bits per heavy atom. The summed E-state index contributed by atoms with van der Waals surface area (Å²) in [6.07, 6.45) is 5.47. The highest BCUT2D eigenvalue weighted by Crippen LogP contribution is 2.09. The zero-order valence-electron chi connectivity index (χ0n) is 14.1. The molecule has 0 radical (unpaired) electrons. The molecular weight excluding hydrogens is 332 g/mol. The van der Waals surface area contributed by atoms with Crippen molar-refractivity contribution in [1.82, 2.24) is 0 Å². The van der Waals surface area contributed by atoms with Gasteiger partial charge in [0.25, 0.3) is 6.47 Å². The van der Waals surface area contributed by atoms with Crippen molar-refractivity contribution in [3.05, 3.63) is 71.8 Å². The maximum Gasteiger partial charge on any atom is 0.351 e. The third kappa shape index (κ3) is 6.16. The lowest BCUT2D eigenvalue weighted by molar-refractivity contribution is -0.157. The first-order valence-corrected chi connectivity index (χ1v) is 7.90. The van der Waals surface area contributed by atoms with Crippen LogP contribution in [-0.4, -0.2) is 25.2 Å². The Labute approximate surface area is 151 Å². The van der Waals surface area contributed by atoms with Gasteiger partial charge >= 0.3 is 5.97 Å². The van der Waals surface area contributed by atoms with E-state index in [1.807, 2.05) is 12.1 Å². The molecule has 0 bridgehead atoms. The van der Waals surface area contributed by atoms with E-state index in [1.165, 1.54) is 6.08 Å². The van der Waals surface area contributed by atoms with Crippen molar-refractivity contribution in [2.24, 2.45) is 0 Å². The van der Waals surface area contributed by atoms with Gasteiger partial charge in [-0.25, -0.2) is 4.79 Å². The van der Waals surface area contributed by atoms with Crippen molar-refractivity contribution >= 4 is 36.0 Å². The lowest BCUT2D eigenvalue weighted by atomic mass is 10.1. The number of nitrogens with two attached hydrogens (primary N) is 2. The van der Waals surface area contributed by atoms with E-state index in [9.17, 15) is 9.59 Å². The van der Waals surface area contributed by atoms with Crippen molar-refractivity contribution in [3.8, 4) is 0 Å². The highest BCUT2D eigenvalue weighted by molar-refractivity contribution is 5.79. The Balaban J connectivity index is 1.89. The minimum atomic E-state index is -1.12. The van der Waals surface area contributed by atoms with Crippen molar-refractivity contribution in [3.63, 3.8) is 0 Å². The van der Waals surface area contributed by atoms with Crippen LogP contribution in [0.2, 0.25) is 0 Å². The number of anilines is 2. The van der Waals surface area contributed by atoms with Gasteiger partial charge in [0, 0.05) is 11.4 Å². The van der Waals surface area contributed by atoms with E-state index in [1.54, 1.807) is 54.6 Å². The van der Waals surface area contributed by atoms with Gasteiger partial charge in [-0.1, -0.05) is 36.4 Å². The number of carbonyl (C=O) groups is 2.